The number of nitrogens with zero attached hydrogens (tertiary/aromatic N) is 1. The molecular weight excluding hydrogens is 342 g/mol. The van der Waals surface area contributed by atoms with Crippen molar-refractivity contribution in [1.82, 2.24) is 4.98 Å². The lowest BCUT2D eigenvalue weighted by molar-refractivity contribution is 0.0980. The van der Waals surface area contributed by atoms with Gasteiger partial charge in [0.05, 0.1) is 16.7 Å². The highest BCUT2D eigenvalue weighted by atomic mass is 35.5. The van der Waals surface area contributed by atoms with Crippen LogP contribution in [0.3, 0.4) is 0 Å². The molecule has 0 fully saturated rings. The number of ketones is 2. The Bertz CT molecular complexity index is 744. The maximum Gasteiger partial charge on any atom is 0.198 e. The lowest BCUT2D eigenvalue weighted by Gasteiger charge is -2.23. The first-order valence-corrected chi connectivity index (χ1v) is 7.77. The van der Waals surface area contributed by atoms with Gasteiger partial charge >= 0.3 is 0 Å². The third-order valence-electron chi connectivity index (χ3n) is 3.89. The molecule has 132 valence electrons. The third kappa shape index (κ3) is 3.34. The average Bonchev–Trinajstić information content (AvgIpc) is 2.62. The van der Waals surface area contributed by atoms with E-state index in [9.17, 15) is 9.59 Å². The smallest absolute Gasteiger partial charge is 0.198 e. The molecule has 1 aromatic carbocycles. The zero-order chi connectivity index (χ0) is 17.1. The number of aromatic nitrogens is 1. The molecule has 0 saturated carbocycles. The van der Waals surface area contributed by atoms with Crippen LogP contribution < -0.4 is 22.1 Å². The van der Waals surface area contributed by atoms with Crippen LogP contribution in [-0.4, -0.2) is 42.7 Å². The predicted molar refractivity (Wildman–Crippen MR) is 99.9 cm³/mol. The van der Waals surface area contributed by atoms with Crippen LogP contribution in [-0.2, 0) is 0 Å². The van der Waals surface area contributed by atoms with E-state index in [0.29, 0.717) is 59.8 Å². The van der Waals surface area contributed by atoms with E-state index in [1.54, 1.807) is 18.2 Å². The summed E-state index contributed by atoms with van der Waals surface area (Å²) in [6, 6.07) is 5.13. The lowest BCUT2D eigenvalue weighted by Crippen LogP contribution is -2.26. The van der Waals surface area contributed by atoms with E-state index in [1.807, 2.05) is 0 Å². The molecule has 3 rings (SSSR count). The van der Waals surface area contributed by atoms with Crippen molar-refractivity contribution in [3.05, 3.63) is 52.8 Å². The van der Waals surface area contributed by atoms with Crippen LogP contribution in [0.1, 0.15) is 31.8 Å². The number of pyridine rings is 1. The highest BCUT2D eigenvalue weighted by molar-refractivity contribution is 6.31. The van der Waals surface area contributed by atoms with E-state index in [0.717, 1.165) is 0 Å². The second-order valence-corrected chi connectivity index (χ2v) is 5.42. The topological polar surface area (TPSA) is 123 Å². The monoisotopic (exact) mass is 361 g/mol. The van der Waals surface area contributed by atoms with Crippen molar-refractivity contribution in [2.75, 3.05) is 36.8 Å². The summed E-state index contributed by atoms with van der Waals surface area (Å²) in [5, 5.41) is 6.24. The van der Waals surface area contributed by atoms with Crippen LogP contribution in [0.2, 0.25) is 0 Å². The highest BCUT2D eigenvalue weighted by Gasteiger charge is 2.34. The van der Waals surface area contributed by atoms with Crippen molar-refractivity contribution in [3.63, 3.8) is 0 Å². The van der Waals surface area contributed by atoms with Crippen LogP contribution in [0.25, 0.3) is 0 Å². The number of carbonyl (C=O) groups excluding carboxylic acids is 2. The molecular formula is C17H20ClN5O2. The van der Waals surface area contributed by atoms with E-state index in [2.05, 4.69) is 15.6 Å². The number of hydrogen-bond donors (Lipinski definition) is 4. The van der Waals surface area contributed by atoms with Gasteiger partial charge in [-0.05, 0) is 18.2 Å². The van der Waals surface area contributed by atoms with E-state index in [4.69, 9.17) is 11.5 Å². The molecule has 0 bridgehead atoms. The number of fused-ring (bicyclic) bond motifs is 2. The van der Waals surface area contributed by atoms with Crippen LogP contribution in [0.15, 0.2) is 30.6 Å². The summed E-state index contributed by atoms with van der Waals surface area (Å²) >= 11 is 0. The summed E-state index contributed by atoms with van der Waals surface area (Å²) in [7, 11) is 0. The summed E-state index contributed by atoms with van der Waals surface area (Å²) in [5.74, 6) is -0.415. The molecule has 1 aliphatic rings. The molecule has 8 heteroatoms. The standard InChI is InChI=1S/C17H19N5O2.ClH/c18-4-7-21-12-1-2-13(22-8-5-19)15-14(12)16(23)10-3-6-20-9-11(10)17(15)24;/h1-3,6,9,21-22H,4-5,7-8,18-19H2;1H. The molecule has 7 nitrogen and oxygen atoms in total. The minimum absolute atomic E-state index is 0. The second-order valence-electron chi connectivity index (χ2n) is 5.42. The zero-order valence-electron chi connectivity index (χ0n) is 13.5. The molecule has 6 N–H and O–H groups in total. The summed E-state index contributed by atoms with van der Waals surface area (Å²) in [6.07, 6.45) is 2.95. The number of hydrogen-bond acceptors (Lipinski definition) is 7. The van der Waals surface area contributed by atoms with Crippen LogP contribution >= 0.6 is 12.4 Å². The van der Waals surface area contributed by atoms with Gasteiger partial charge in [-0.25, -0.2) is 0 Å². The number of anilines is 2. The Morgan fingerprint density at radius 1 is 0.840 bits per heavy atom. The number of rotatable bonds is 6. The molecule has 2 aromatic rings. The van der Waals surface area contributed by atoms with Crippen molar-refractivity contribution >= 4 is 35.3 Å². The Labute approximate surface area is 151 Å². The van der Waals surface area contributed by atoms with Crippen molar-refractivity contribution in [2.45, 2.75) is 0 Å². The Kier molecular flexibility index (Phi) is 6.08. The van der Waals surface area contributed by atoms with Crippen LogP contribution in [0.4, 0.5) is 11.4 Å². The fourth-order valence-corrected chi connectivity index (χ4v) is 2.83. The Morgan fingerprint density at radius 2 is 1.36 bits per heavy atom. The molecule has 1 aliphatic carbocycles. The summed E-state index contributed by atoms with van der Waals surface area (Å²) < 4.78 is 0. The van der Waals surface area contributed by atoms with E-state index < -0.39 is 0 Å². The quantitative estimate of drug-likeness (QED) is 0.516. The van der Waals surface area contributed by atoms with Crippen LogP contribution in [0, 0.1) is 0 Å². The number of nitrogens with two attached hydrogens (primary N) is 2. The molecule has 0 aliphatic heterocycles. The minimum Gasteiger partial charge on any atom is -0.383 e. The van der Waals surface area contributed by atoms with Gasteiger partial charge in [0.1, 0.15) is 0 Å². The van der Waals surface area contributed by atoms with Crippen molar-refractivity contribution in [1.29, 1.82) is 0 Å². The molecule has 0 atom stereocenters. The molecule has 1 heterocycles. The molecule has 0 radical (unpaired) electrons. The maximum atomic E-state index is 13.0. The predicted octanol–water partition coefficient (Wildman–Crippen LogP) is 1.02. The highest BCUT2D eigenvalue weighted by Crippen LogP contribution is 2.36. The molecule has 0 unspecified atom stereocenters. The van der Waals surface area contributed by atoms with Gasteiger partial charge in [0, 0.05) is 55.5 Å². The number of halogens is 1. The van der Waals surface area contributed by atoms with Gasteiger partial charge < -0.3 is 22.1 Å². The molecule has 25 heavy (non-hydrogen) atoms. The normalized spacial score (nSPS) is 12.1. The SMILES string of the molecule is Cl.NCCNc1ccc(NCCN)c2c1C(=O)c1ccncc1C2=O. The summed E-state index contributed by atoms with van der Waals surface area (Å²) in [4.78, 5) is 29.9. The van der Waals surface area contributed by atoms with Gasteiger partial charge in [-0.1, -0.05) is 0 Å². The summed E-state index contributed by atoms with van der Waals surface area (Å²) in [6.45, 7) is 1.85. The Morgan fingerprint density at radius 3 is 1.88 bits per heavy atom. The second kappa shape index (κ2) is 8.06. The molecule has 0 spiro atoms. The van der Waals surface area contributed by atoms with Crippen LogP contribution in [0.5, 0.6) is 0 Å². The first-order valence-electron chi connectivity index (χ1n) is 7.77. The Hall–Kier alpha value is -2.48. The van der Waals surface area contributed by atoms with E-state index >= 15 is 0 Å². The average molecular weight is 362 g/mol. The van der Waals surface area contributed by atoms with Gasteiger partial charge in [-0.2, -0.15) is 0 Å². The maximum absolute atomic E-state index is 13.0. The van der Waals surface area contributed by atoms with Gasteiger partial charge in [0.15, 0.2) is 11.6 Å². The molecule has 1 aromatic heterocycles. The molecule has 0 saturated heterocycles. The lowest BCUT2D eigenvalue weighted by atomic mass is 9.83. The molecule has 0 amide bonds. The number of nitrogens with one attached hydrogen (secondary N) is 2. The zero-order valence-corrected chi connectivity index (χ0v) is 14.4. The van der Waals surface area contributed by atoms with Crippen molar-refractivity contribution in [2.24, 2.45) is 11.5 Å². The largest absolute Gasteiger partial charge is 0.383 e. The third-order valence-corrected chi connectivity index (χ3v) is 3.89. The van der Waals surface area contributed by atoms with E-state index in [1.165, 1.54) is 12.4 Å². The number of carbonyl (C=O) groups is 2. The Balaban J connectivity index is 0.00000225. The van der Waals surface area contributed by atoms with Crippen molar-refractivity contribution < 1.29 is 9.59 Å². The number of benzene rings is 1. The van der Waals surface area contributed by atoms with Gasteiger partial charge in [-0.3, -0.25) is 14.6 Å². The minimum atomic E-state index is -0.219. The fourth-order valence-electron chi connectivity index (χ4n) is 2.83. The van der Waals surface area contributed by atoms with E-state index in [-0.39, 0.29) is 24.0 Å². The van der Waals surface area contributed by atoms with Crippen molar-refractivity contribution in [3.8, 4) is 0 Å². The fraction of sp³-hybridized carbons (Fsp3) is 0.235. The van der Waals surface area contributed by atoms with Gasteiger partial charge in [-0.15, -0.1) is 12.4 Å². The van der Waals surface area contributed by atoms with Gasteiger partial charge in [0.25, 0.3) is 0 Å². The summed E-state index contributed by atoms with van der Waals surface area (Å²) in [5.41, 5.74) is 13.7. The van der Waals surface area contributed by atoms with Gasteiger partial charge in [0.2, 0.25) is 0 Å². The first kappa shape index (κ1) is 18.9. The first-order chi connectivity index (χ1) is 11.7.